The molecule has 0 aromatic rings. The zero-order valence-corrected chi connectivity index (χ0v) is 17.9. The van der Waals surface area contributed by atoms with Crippen molar-refractivity contribution in [2.45, 2.75) is 108 Å². The molecule has 0 aromatic heterocycles. The number of likely N-dealkylation sites (tertiary alicyclic amines) is 2. The lowest BCUT2D eigenvalue weighted by molar-refractivity contribution is -0.211. The van der Waals surface area contributed by atoms with Crippen LogP contribution < -0.4 is 0 Å². The van der Waals surface area contributed by atoms with Crippen LogP contribution >= 0.6 is 0 Å². The van der Waals surface area contributed by atoms with Gasteiger partial charge in [0.15, 0.2) is 6.10 Å². The highest BCUT2D eigenvalue weighted by molar-refractivity contribution is 5.91. The molecule has 5 heteroatoms. The maximum absolute atomic E-state index is 13.2. The first-order valence-electron chi connectivity index (χ1n) is 12.4. The zero-order valence-electron chi connectivity index (χ0n) is 17.9. The molecule has 3 saturated carbocycles. The molecule has 2 aliphatic heterocycles. The Morgan fingerprint density at radius 2 is 1.55 bits per heavy atom. The molecule has 0 N–H and O–H groups in total. The van der Waals surface area contributed by atoms with Crippen LogP contribution in [0.1, 0.15) is 89.9 Å². The number of carbonyl (C=O) groups excluding carboxylic acids is 2. The summed E-state index contributed by atoms with van der Waals surface area (Å²) in [5, 5.41) is 0. The maximum Gasteiger partial charge on any atom is 0.254 e. The largest absolute Gasteiger partial charge is 0.366 e. The average Bonchev–Trinajstić information content (AvgIpc) is 3.60. The van der Waals surface area contributed by atoms with Crippen LogP contribution in [0.4, 0.5) is 0 Å². The van der Waals surface area contributed by atoms with Crippen molar-refractivity contribution in [2.24, 2.45) is 11.8 Å². The number of carbonyl (C=O) groups is 2. The molecule has 1 spiro atoms. The van der Waals surface area contributed by atoms with Crippen molar-refractivity contribution < 1.29 is 14.3 Å². The van der Waals surface area contributed by atoms with Gasteiger partial charge >= 0.3 is 0 Å². The van der Waals surface area contributed by atoms with Gasteiger partial charge in [-0.15, -0.1) is 0 Å². The predicted molar refractivity (Wildman–Crippen MR) is 111 cm³/mol. The molecule has 29 heavy (non-hydrogen) atoms. The third kappa shape index (κ3) is 3.73. The van der Waals surface area contributed by atoms with Gasteiger partial charge in [0.25, 0.3) is 5.91 Å². The highest BCUT2D eigenvalue weighted by Gasteiger charge is 2.62. The Balaban J connectivity index is 1.21. The molecular formula is C24H38N2O3. The molecule has 5 nitrogen and oxygen atoms in total. The third-order valence-electron chi connectivity index (χ3n) is 8.44. The Bertz CT molecular complexity index is 612. The van der Waals surface area contributed by atoms with Gasteiger partial charge < -0.3 is 14.5 Å². The van der Waals surface area contributed by atoms with E-state index in [0.717, 1.165) is 58.2 Å². The van der Waals surface area contributed by atoms with E-state index < -0.39 is 0 Å². The number of hydrogen-bond acceptors (Lipinski definition) is 3. The molecule has 5 rings (SSSR count). The zero-order chi connectivity index (χ0) is 19.8. The van der Waals surface area contributed by atoms with Crippen molar-refractivity contribution in [3.05, 3.63) is 0 Å². The van der Waals surface area contributed by atoms with E-state index in [0.29, 0.717) is 17.9 Å². The predicted octanol–water partition coefficient (Wildman–Crippen LogP) is 3.90. The van der Waals surface area contributed by atoms with Crippen molar-refractivity contribution in [3.63, 3.8) is 0 Å². The summed E-state index contributed by atoms with van der Waals surface area (Å²) in [5.41, 5.74) is -0.0373. The summed E-state index contributed by atoms with van der Waals surface area (Å²) in [6.07, 6.45) is 16.0. The molecule has 162 valence electrons. The average molecular weight is 403 g/mol. The van der Waals surface area contributed by atoms with Crippen molar-refractivity contribution in [2.75, 3.05) is 19.7 Å². The molecule has 3 aliphatic carbocycles. The Hall–Kier alpha value is -1.10. The second kappa shape index (κ2) is 8.20. The summed E-state index contributed by atoms with van der Waals surface area (Å²) in [6, 6.07) is 0.303. The number of hydrogen-bond donors (Lipinski definition) is 0. The summed E-state index contributed by atoms with van der Waals surface area (Å²) in [7, 11) is 0. The molecule has 5 aliphatic rings. The number of ether oxygens (including phenoxy) is 1. The number of piperidine rings is 1. The van der Waals surface area contributed by atoms with E-state index in [2.05, 4.69) is 9.80 Å². The summed E-state index contributed by atoms with van der Waals surface area (Å²) < 4.78 is 6.21. The van der Waals surface area contributed by atoms with Crippen LogP contribution in [0.2, 0.25) is 0 Å². The lowest BCUT2D eigenvalue weighted by Gasteiger charge is -2.62. The van der Waals surface area contributed by atoms with Crippen LogP contribution in [0.5, 0.6) is 0 Å². The van der Waals surface area contributed by atoms with Gasteiger partial charge in [-0.1, -0.05) is 38.5 Å². The quantitative estimate of drug-likeness (QED) is 0.656. The molecule has 2 saturated heterocycles. The fourth-order valence-electron chi connectivity index (χ4n) is 6.54. The third-order valence-corrected chi connectivity index (χ3v) is 8.44. The standard InChI is InChI=1S/C24H38N2O3/c27-22(19-7-3-1-4-8-19)25-15-11-20(12-16-25)26-23(28)21(29-17-18-9-10-18)24(26)13-5-2-6-14-24/h18-21H,1-17H2. The molecule has 0 bridgehead atoms. The van der Waals surface area contributed by atoms with E-state index >= 15 is 0 Å². The number of rotatable bonds is 5. The maximum atomic E-state index is 13.2. The van der Waals surface area contributed by atoms with Crippen molar-refractivity contribution >= 4 is 11.8 Å². The summed E-state index contributed by atoms with van der Waals surface area (Å²) >= 11 is 0. The molecule has 2 amide bonds. The summed E-state index contributed by atoms with van der Waals surface area (Å²) in [5.74, 6) is 1.59. The monoisotopic (exact) mass is 402 g/mol. The Morgan fingerprint density at radius 1 is 0.897 bits per heavy atom. The van der Waals surface area contributed by atoms with Gasteiger partial charge in [0.1, 0.15) is 0 Å². The second-order valence-corrected chi connectivity index (χ2v) is 10.4. The normalized spacial score (nSPS) is 31.2. The topological polar surface area (TPSA) is 49.9 Å². The minimum atomic E-state index is -0.190. The van der Waals surface area contributed by atoms with Crippen molar-refractivity contribution in [1.82, 2.24) is 9.80 Å². The van der Waals surface area contributed by atoms with Gasteiger partial charge in [-0.3, -0.25) is 9.59 Å². The van der Waals surface area contributed by atoms with Crippen molar-refractivity contribution in [1.29, 1.82) is 0 Å². The van der Waals surface area contributed by atoms with E-state index in [4.69, 9.17) is 4.74 Å². The SMILES string of the molecule is O=C(C1CCCCC1)N1CCC(N2C(=O)C(OCC3CC3)C23CCCCC3)CC1. The van der Waals surface area contributed by atoms with Gasteiger partial charge in [-0.05, 0) is 57.3 Å². The van der Waals surface area contributed by atoms with E-state index in [1.54, 1.807) is 0 Å². The van der Waals surface area contributed by atoms with Crippen LogP contribution in [0.15, 0.2) is 0 Å². The molecule has 0 aromatic carbocycles. The minimum absolute atomic E-state index is 0.0373. The number of amides is 2. The van der Waals surface area contributed by atoms with Gasteiger partial charge in [-0.2, -0.15) is 0 Å². The van der Waals surface area contributed by atoms with Crippen LogP contribution in [0, 0.1) is 11.8 Å². The van der Waals surface area contributed by atoms with Crippen LogP contribution in [0.3, 0.4) is 0 Å². The lowest BCUT2D eigenvalue weighted by atomic mass is 9.68. The summed E-state index contributed by atoms with van der Waals surface area (Å²) in [4.78, 5) is 30.4. The van der Waals surface area contributed by atoms with Crippen LogP contribution in [0.25, 0.3) is 0 Å². The number of β-lactam (4-membered cyclic amide) rings is 1. The summed E-state index contributed by atoms with van der Waals surface area (Å²) in [6.45, 7) is 2.43. The Labute approximate surface area is 175 Å². The fraction of sp³-hybridized carbons (Fsp3) is 0.917. The Kier molecular flexibility index (Phi) is 5.61. The molecule has 1 atom stereocenters. The fourth-order valence-corrected chi connectivity index (χ4v) is 6.54. The first-order valence-corrected chi connectivity index (χ1v) is 12.4. The first kappa shape index (κ1) is 19.8. The van der Waals surface area contributed by atoms with Gasteiger partial charge in [0.2, 0.25) is 5.91 Å². The van der Waals surface area contributed by atoms with E-state index in [1.165, 1.54) is 51.4 Å². The van der Waals surface area contributed by atoms with Gasteiger partial charge in [0.05, 0.1) is 12.1 Å². The number of nitrogens with zero attached hydrogens (tertiary/aromatic N) is 2. The van der Waals surface area contributed by atoms with Crippen LogP contribution in [-0.4, -0.2) is 59.0 Å². The van der Waals surface area contributed by atoms with Gasteiger partial charge in [0, 0.05) is 25.0 Å². The van der Waals surface area contributed by atoms with Gasteiger partial charge in [-0.25, -0.2) is 0 Å². The van der Waals surface area contributed by atoms with E-state index in [9.17, 15) is 9.59 Å². The van der Waals surface area contributed by atoms with E-state index in [-0.39, 0.29) is 23.5 Å². The van der Waals surface area contributed by atoms with Crippen molar-refractivity contribution in [3.8, 4) is 0 Å². The smallest absolute Gasteiger partial charge is 0.254 e. The van der Waals surface area contributed by atoms with Crippen LogP contribution in [-0.2, 0) is 14.3 Å². The second-order valence-electron chi connectivity index (χ2n) is 10.4. The highest BCUT2D eigenvalue weighted by atomic mass is 16.5. The molecule has 5 fully saturated rings. The first-order chi connectivity index (χ1) is 14.2. The highest BCUT2D eigenvalue weighted by Crippen LogP contribution is 2.49. The molecule has 1 unspecified atom stereocenters. The van der Waals surface area contributed by atoms with E-state index in [1.807, 2.05) is 0 Å². The molecule has 0 radical (unpaired) electrons. The lowest BCUT2D eigenvalue weighted by Crippen LogP contribution is -2.78. The Morgan fingerprint density at radius 3 is 2.21 bits per heavy atom. The minimum Gasteiger partial charge on any atom is -0.366 e. The molecular weight excluding hydrogens is 364 g/mol. The molecule has 2 heterocycles.